The zero-order valence-corrected chi connectivity index (χ0v) is 14.1. The largest absolute Gasteiger partial charge is 0.320 e. The van der Waals surface area contributed by atoms with Crippen LogP contribution in [-0.4, -0.2) is 0 Å². The Morgan fingerprint density at radius 2 is 1.63 bits per heavy atom. The van der Waals surface area contributed by atoms with Crippen molar-refractivity contribution in [2.24, 2.45) is 5.73 Å². The maximum Gasteiger partial charge on any atom is 0.129 e. The monoisotopic (exact) mass is 425 g/mol. The van der Waals surface area contributed by atoms with E-state index < -0.39 is 11.9 Å². The number of hydrogen-bond donors (Lipinski definition) is 1. The summed E-state index contributed by atoms with van der Waals surface area (Å²) in [6.45, 7) is 0. The third kappa shape index (κ3) is 3.31. The van der Waals surface area contributed by atoms with Gasteiger partial charge in [-0.2, -0.15) is 0 Å². The van der Waals surface area contributed by atoms with E-state index in [9.17, 15) is 4.39 Å². The summed E-state index contributed by atoms with van der Waals surface area (Å²) >= 11 is 18.4. The third-order valence-corrected chi connectivity index (χ3v) is 5.11. The molecule has 19 heavy (non-hydrogen) atoms. The highest BCUT2D eigenvalue weighted by Crippen LogP contribution is 2.32. The van der Waals surface area contributed by atoms with Crippen molar-refractivity contribution in [1.82, 2.24) is 0 Å². The molecule has 0 spiro atoms. The summed E-state index contributed by atoms with van der Waals surface area (Å²) < 4.78 is 15.2. The summed E-state index contributed by atoms with van der Waals surface area (Å²) in [5, 5.41) is 0.937. The van der Waals surface area contributed by atoms with Gasteiger partial charge in [0.2, 0.25) is 0 Å². The average Bonchev–Trinajstić information content (AvgIpc) is 2.36. The van der Waals surface area contributed by atoms with E-state index in [1.807, 2.05) is 0 Å². The topological polar surface area (TPSA) is 26.0 Å². The van der Waals surface area contributed by atoms with Gasteiger partial charge in [-0.05, 0) is 61.7 Å². The highest BCUT2D eigenvalue weighted by Gasteiger charge is 2.16. The first kappa shape index (κ1) is 15.3. The molecule has 0 aliphatic carbocycles. The molecule has 0 aliphatic heterocycles. The van der Waals surface area contributed by atoms with Crippen molar-refractivity contribution in [2.45, 2.75) is 6.04 Å². The lowest BCUT2D eigenvalue weighted by molar-refractivity contribution is 0.599. The first-order valence-corrected chi connectivity index (χ1v) is 7.59. The van der Waals surface area contributed by atoms with Gasteiger partial charge in [0.05, 0.1) is 16.1 Å². The van der Waals surface area contributed by atoms with E-state index in [1.165, 1.54) is 12.1 Å². The Labute approximate surface area is 137 Å². The van der Waals surface area contributed by atoms with Gasteiger partial charge >= 0.3 is 0 Å². The lowest BCUT2D eigenvalue weighted by atomic mass is 9.99. The summed E-state index contributed by atoms with van der Waals surface area (Å²) in [5.41, 5.74) is 7.11. The normalized spacial score (nSPS) is 12.5. The van der Waals surface area contributed by atoms with E-state index >= 15 is 0 Å². The third-order valence-electron chi connectivity index (χ3n) is 2.68. The molecule has 0 saturated carbocycles. The Hall–Kier alpha value is -0.130. The summed E-state index contributed by atoms with van der Waals surface area (Å²) in [7, 11) is 0. The van der Waals surface area contributed by atoms with Crippen LogP contribution in [0, 0.1) is 5.82 Å². The highest BCUT2D eigenvalue weighted by atomic mass is 79.9. The van der Waals surface area contributed by atoms with Gasteiger partial charge in [-0.3, -0.25) is 0 Å². The maximum atomic E-state index is 13.9. The Bertz CT molecular complexity index is 634. The maximum absolute atomic E-state index is 13.9. The second-order valence-electron chi connectivity index (χ2n) is 3.94. The van der Waals surface area contributed by atoms with Crippen molar-refractivity contribution < 1.29 is 4.39 Å². The molecule has 1 atom stereocenters. The minimum Gasteiger partial charge on any atom is -0.320 e. The van der Waals surface area contributed by atoms with E-state index in [1.54, 1.807) is 18.2 Å². The summed E-state index contributed by atoms with van der Waals surface area (Å²) in [6.07, 6.45) is 0. The molecule has 0 saturated heterocycles. The molecule has 0 radical (unpaired) electrons. The zero-order valence-electron chi connectivity index (χ0n) is 9.43. The van der Waals surface area contributed by atoms with Gasteiger partial charge < -0.3 is 5.73 Å². The molecule has 0 amide bonds. The van der Waals surface area contributed by atoms with E-state index in [-0.39, 0.29) is 0 Å². The molecule has 1 nitrogen and oxygen atoms in total. The fraction of sp³-hybridized carbons (Fsp3) is 0.0769. The molecule has 2 aromatic rings. The van der Waals surface area contributed by atoms with Crippen LogP contribution in [0.4, 0.5) is 4.39 Å². The predicted octanol–water partition coefficient (Wildman–Crippen LogP) is 5.71. The van der Waals surface area contributed by atoms with Crippen molar-refractivity contribution in [1.29, 1.82) is 0 Å². The van der Waals surface area contributed by atoms with Gasteiger partial charge in [-0.15, -0.1) is 0 Å². The summed E-state index contributed by atoms with van der Waals surface area (Å²) in [6, 6.07) is 7.45. The minimum absolute atomic E-state index is 0.326. The van der Waals surface area contributed by atoms with Gasteiger partial charge in [-0.1, -0.05) is 29.3 Å². The molecule has 0 bridgehead atoms. The van der Waals surface area contributed by atoms with Gasteiger partial charge in [-0.25, -0.2) is 4.39 Å². The second-order valence-corrected chi connectivity index (χ2v) is 6.46. The van der Waals surface area contributed by atoms with Crippen molar-refractivity contribution in [3.8, 4) is 0 Å². The molecule has 0 aromatic heterocycles. The Morgan fingerprint density at radius 3 is 2.26 bits per heavy atom. The number of hydrogen-bond acceptors (Lipinski definition) is 1. The van der Waals surface area contributed by atoms with Crippen molar-refractivity contribution in [3.05, 3.63) is 66.3 Å². The second kappa shape index (κ2) is 6.10. The summed E-state index contributed by atoms with van der Waals surface area (Å²) in [5.74, 6) is -0.414. The standard InChI is InChI=1S/C13H8Br2Cl2FN/c14-8-2-1-6(3-10(8)16)13(19)7-4-11(17)9(15)5-12(7)18/h1-5,13H,19H2. The molecular formula is C13H8Br2Cl2FN. The van der Waals surface area contributed by atoms with E-state index in [0.717, 1.165) is 4.47 Å². The van der Waals surface area contributed by atoms with Crippen LogP contribution in [-0.2, 0) is 0 Å². The van der Waals surface area contributed by atoms with Crippen molar-refractivity contribution >= 4 is 55.1 Å². The van der Waals surface area contributed by atoms with Crippen LogP contribution >= 0.6 is 55.1 Å². The summed E-state index contributed by atoms with van der Waals surface area (Å²) in [4.78, 5) is 0. The number of rotatable bonds is 2. The average molecular weight is 428 g/mol. The van der Waals surface area contributed by atoms with Gasteiger partial charge in [0.25, 0.3) is 0 Å². The molecule has 100 valence electrons. The van der Waals surface area contributed by atoms with Crippen LogP contribution in [0.25, 0.3) is 0 Å². The minimum atomic E-state index is -0.629. The van der Waals surface area contributed by atoms with Crippen LogP contribution in [0.5, 0.6) is 0 Å². The molecule has 1 unspecified atom stereocenters. The van der Waals surface area contributed by atoms with Crippen molar-refractivity contribution in [3.63, 3.8) is 0 Å². The van der Waals surface area contributed by atoms with Crippen LogP contribution in [0.15, 0.2) is 39.3 Å². The lowest BCUT2D eigenvalue weighted by Gasteiger charge is -2.15. The van der Waals surface area contributed by atoms with Gasteiger partial charge in [0, 0.05) is 14.5 Å². The molecular weight excluding hydrogens is 420 g/mol. The number of nitrogens with two attached hydrogens (primary N) is 1. The van der Waals surface area contributed by atoms with Crippen LogP contribution in [0.2, 0.25) is 10.0 Å². The first-order chi connectivity index (χ1) is 8.90. The van der Waals surface area contributed by atoms with Crippen LogP contribution < -0.4 is 5.73 Å². The number of benzene rings is 2. The smallest absolute Gasteiger partial charge is 0.129 e. The van der Waals surface area contributed by atoms with Crippen LogP contribution in [0.1, 0.15) is 17.2 Å². The molecule has 0 aliphatic rings. The Balaban J connectivity index is 2.46. The molecule has 2 rings (SSSR count). The zero-order chi connectivity index (χ0) is 14.2. The fourth-order valence-electron chi connectivity index (χ4n) is 1.66. The Kier molecular flexibility index (Phi) is 4.90. The van der Waals surface area contributed by atoms with E-state index in [0.29, 0.717) is 25.6 Å². The fourth-order valence-corrected chi connectivity index (χ4v) is 2.58. The lowest BCUT2D eigenvalue weighted by Crippen LogP contribution is -2.13. The highest BCUT2D eigenvalue weighted by molar-refractivity contribution is 9.10. The molecule has 2 N–H and O–H groups in total. The van der Waals surface area contributed by atoms with Gasteiger partial charge in [0.1, 0.15) is 5.82 Å². The molecule has 6 heteroatoms. The predicted molar refractivity (Wildman–Crippen MR) is 84.3 cm³/mol. The number of halogens is 5. The van der Waals surface area contributed by atoms with E-state index in [2.05, 4.69) is 31.9 Å². The van der Waals surface area contributed by atoms with Crippen LogP contribution in [0.3, 0.4) is 0 Å². The quantitative estimate of drug-likeness (QED) is 0.611. The van der Waals surface area contributed by atoms with E-state index in [4.69, 9.17) is 28.9 Å². The SMILES string of the molecule is NC(c1ccc(Br)c(Cl)c1)c1cc(Cl)c(Br)cc1F. The molecule has 2 aromatic carbocycles. The van der Waals surface area contributed by atoms with Gasteiger partial charge in [0.15, 0.2) is 0 Å². The Morgan fingerprint density at radius 1 is 1.00 bits per heavy atom. The first-order valence-electron chi connectivity index (χ1n) is 5.25. The van der Waals surface area contributed by atoms with Crippen molar-refractivity contribution in [2.75, 3.05) is 0 Å². The molecule has 0 fully saturated rings. The molecule has 0 heterocycles.